The van der Waals surface area contributed by atoms with Crippen LogP contribution in [-0.2, 0) is 14.3 Å². The van der Waals surface area contributed by atoms with Crippen molar-refractivity contribution in [3.05, 3.63) is 0 Å². The average molecular weight is 388 g/mol. The number of fused-ring (bicyclic) bond motifs is 1. The summed E-state index contributed by atoms with van der Waals surface area (Å²) in [7, 11) is 3.38. The fraction of sp³-hybridized carbons (Fsp3) is 0.889. The first kappa shape index (κ1) is 21.3. The van der Waals surface area contributed by atoms with Gasteiger partial charge in [-0.1, -0.05) is 6.42 Å². The quantitative estimate of drug-likeness (QED) is 0.330. The van der Waals surface area contributed by atoms with Gasteiger partial charge in [-0.15, -0.1) is 0 Å². The van der Waals surface area contributed by atoms with E-state index in [0.717, 1.165) is 50.8 Å². The van der Waals surface area contributed by atoms with Gasteiger partial charge in [-0.3, -0.25) is 4.79 Å². The van der Waals surface area contributed by atoms with Crippen LogP contribution >= 0.6 is 11.8 Å². The van der Waals surface area contributed by atoms with Crippen molar-refractivity contribution in [3.8, 4) is 0 Å². The molecule has 0 saturated carbocycles. The summed E-state index contributed by atoms with van der Waals surface area (Å²) < 4.78 is 10.4. The molecule has 0 aromatic carbocycles. The topological polar surface area (TPSA) is 88.7 Å². The molecule has 0 bridgehead atoms. The third-order valence-electron chi connectivity index (χ3n) is 5.04. The van der Waals surface area contributed by atoms with E-state index >= 15 is 0 Å². The van der Waals surface area contributed by atoms with Gasteiger partial charge >= 0.3 is 6.03 Å². The lowest BCUT2D eigenvalue weighted by atomic mass is 10.0. The second-order valence-electron chi connectivity index (χ2n) is 7.03. The molecular formula is C18H33N3O4S. The normalized spacial score (nSPS) is 25.5. The molecule has 2 aliphatic rings. The van der Waals surface area contributed by atoms with Crippen molar-refractivity contribution in [2.24, 2.45) is 0 Å². The molecule has 26 heavy (non-hydrogen) atoms. The molecule has 4 atom stereocenters. The molecule has 2 heterocycles. The number of carbonyl (C=O) groups excluding carboxylic acids is 2. The lowest BCUT2D eigenvalue weighted by Gasteiger charge is -2.16. The highest BCUT2D eigenvalue weighted by Gasteiger charge is 2.42. The number of unbranched alkanes of at least 4 members (excludes halogenated alkanes) is 2. The summed E-state index contributed by atoms with van der Waals surface area (Å²) >= 11 is 1.93. The molecule has 150 valence electrons. The first-order valence-corrected chi connectivity index (χ1v) is 10.7. The van der Waals surface area contributed by atoms with Crippen molar-refractivity contribution in [1.82, 2.24) is 16.0 Å². The number of hydrogen-bond donors (Lipinski definition) is 3. The Morgan fingerprint density at radius 3 is 2.88 bits per heavy atom. The predicted molar refractivity (Wildman–Crippen MR) is 103 cm³/mol. The van der Waals surface area contributed by atoms with Gasteiger partial charge in [-0.05, 0) is 32.1 Å². The standard InChI is InChI=1S/C18H33N3O4S/c1-24-11-13(25-2)7-5-6-10-19-16(22)9-4-3-8-15-17-14(12-26-15)20-18(23)21-17/h13-15,17H,3-12H2,1-2H3,(H,19,22)(H2,20,21,23). The van der Waals surface area contributed by atoms with Gasteiger partial charge in [0, 0.05) is 38.2 Å². The van der Waals surface area contributed by atoms with E-state index in [0.29, 0.717) is 18.3 Å². The third kappa shape index (κ3) is 6.96. The maximum atomic E-state index is 11.9. The number of ether oxygens (including phenoxy) is 2. The van der Waals surface area contributed by atoms with Crippen LogP contribution in [0.3, 0.4) is 0 Å². The van der Waals surface area contributed by atoms with Gasteiger partial charge in [0.25, 0.3) is 0 Å². The van der Waals surface area contributed by atoms with E-state index in [9.17, 15) is 9.59 Å². The summed E-state index contributed by atoms with van der Waals surface area (Å²) in [5, 5.41) is 9.43. The highest BCUT2D eigenvalue weighted by molar-refractivity contribution is 8.00. The monoisotopic (exact) mass is 387 g/mol. The summed E-state index contributed by atoms with van der Waals surface area (Å²) in [6.07, 6.45) is 6.64. The molecule has 0 radical (unpaired) electrons. The molecule has 3 N–H and O–H groups in total. The maximum absolute atomic E-state index is 11.9. The second-order valence-corrected chi connectivity index (χ2v) is 8.30. The van der Waals surface area contributed by atoms with Gasteiger partial charge in [0.2, 0.25) is 5.91 Å². The van der Waals surface area contributed by atoms with Crippen LogP contribution in [0.15, 0.2) is 0 Å². The SMILES string of the molecule is COCC(CCCCNC(=O)CCCCC1SCC2NC(=O)NC21)OC. The van der Waals surface area contributed by atoms with E-state index in [2.05, 4.69) is 16.0 Å². The minimum Gasteiger partial charge on any atom is -0.382 e. The van der Waals surface area contributed by atoms with Crippen LogP contribution in [0, 0.1) is 0 Å². The first-order chi connectivity index (χ1) is 12.6. The Balaban J connectivity index is 1.45. The summed E-state index contributed by atoms with van der Waals surface area (Å²) in [5.74, 6) is 1.13. The number of methoxy groups -OCH3 is 2. The lowest BCUT2D eigenvalue weighted by Crippen LogP contribution is -2.36. The molecule has 2 aliphatic heterocycles. The Hall–Kier alpha value is -0.990. The Labute approximate surface area is 160 Å². The first-order valence-electron chi connectivity index (χ1n) is 9.61. The number of amides is 3. The molecule has 3 amide bonds. The second kappa shape index (κ2) is 11.7. The largest absolute Gasteiger partial charge is 0.382 e. The minimum absolute atomic E-state index is 0.0382. The van der Waals surface area contributed by atoms with Crippen LogP contribution in [0.25, 0.3) is 0 Å². The fourth-order valence-electron chi connectivity index (χ4n) is 3.54. The number of urea groups is 1. The van der Waals surface area contributed by atoms with Crippen LogP contribution in [0.5, 0.6) is 0 Å². The molecule has 2 rings (SSSR count). The van der Waals surface area contributed by atoms with Crippen molar-refractivity contribution >= 4 is 23.7 Å². The van der Waals surface area contributed by atoms with Gasteiger partial charge < -0.3 is 25.4 Å². The fourth-order valence-corrected chi connectivity index (χ4v) is 5.09. The van der Waals surface area contributed by atoms with Crippen LogP contribution in [0.4, 0.5) is 4.79 Å². The molecule has 4 unspecified atom stereocenters. The van der Waals surface area contributed by atoms with Crippen molar-refractivity contribution in [2.75, 3.05) is 33.1 Å². The predicted octanol–water partition coefficient (Wildman–Crippen LogP) is 1.66. The molecule has 0 spiro atoms. The zero-order chi connectivity index (χ0) is 18.8. The van der Waals surface area contributed by atoms with Crippen molar-refractivity contribution in [3.63, 3.8) is 0 Å². The van der Waals surface area contributed by atoms with E-state index < -0.39 is 0 Å². The molecular weight excluding hydrogens is 354 g/mol. The Morgan fingerprint density at radius 1 is 1.27 bits per heavy atom. The number of nitrogens with one attached hydrogen (secondary N) is 3. The van der Waals surface area contributed by atoms with Crippen LogP contribution < -0.4 is 16.0 Å². The third-order valence-corrected chi connectivity index (χ3v) is 6.55. The summed E-state index contributed by atoms with van der Waals surface area (Å²) in [4.78, 5) is 23.3. The lowest BCUT2D eigenvalue weighted by molar-refractivity contribution is -0.121. The van der Waals surface area contributed by atoms with Gasteiger partial charge in [0.15, 0.2) is 0 Å². The Morgan fingerprint density at radius 2 is 2.12 bits per heavy atom. The molecule has 7 nitrogen and oxygen atoms in total. The minimum atomic E-state index is -0.0382. The maximum Gasteiger partial charge on any atom is 0.315 e. The van der Waals surface area contributed by atoms with Gasteiger partial charge in [-0.2, -0.15) is 11.8 Å². The molecule has 8 heteroatoms. The molecule has 0 aliphatic carbocycles. The van der Waals surface area contributed by atoms with E-state index in [1.54, 1.807) is 14.2 Å². The number of thioether (sulfide) groups is 1. The average Bonchev–Trinajstić information content (AvgIpc) is 3.17. The van der Waals surface area contributed by atoms with Gasteiger partial charge in [0.05, 0.1) is 24.8 Å². The molecule has 2 saturated heterocycles. The highest BCUT2D eigenvalue weighted by atomic mass is 32.2. The molecule has 0 aromatic heterocycles. The van der Waals surface area contributed by atoms with E-state index in [1.807, 2.05) is 11.8 Å². The highest BCUT2D eigenvalue weighted by Crippen LogP contribution is 2.33. The Bertz CT molecular complexity index is 452. The van der Waals surface area contributed by atoms with Crippen molar-refractivity contribution in [2.45, 2.75) is 68.4 Å². The summed E-state index contributed by atoms with van der Waals surface area (Å²) in [6, 6.07) is 0.501. The van der Waals surface area contributed by atoms with Crippen LogP contribution in [0.2, 0.25) is 0 Å². The summed E-state index contributed by atoms with van der Waals surface area (Å²) in [6.45, 7) is 1.34. The van der Waals surface area contributed by atoms with E-state index in [4.69, 9.17) is 9.47 Å². The zero-order valence-corrected chi connectivity index (χ0v) is 16.7. The number of carbonyl (C=O) groups is 2. The Kier molecular flexibility index (Phi) is 9.56. The van der Waals surface area contributed by atoms with Crippen molar-refractivity contribution in [1.29, 1.82) is 0 Å². The van der Waals surface area contributed by atoms with Gasteiger partial charge in [-0.25, -0.2) is 4.79 Å². The van der Waals surface area contributed by atoms with Gasteiger partial charge in [0.1, 0.15) is 0 Å². The van der Waals surface area contributed by atoms with E-state index in [-0.39, 0.29) is 30.1 Å². The smallest absolute Gasteiger partial charge is 0.315 e. The van der Waals surface area contributed by atoms with Crippen LogP contribution in [0.1, 0.15) is 44.9 Å². The van der Waals surface area contributed by atoms with Crippen molar-refractivity contribution < 1.29 is 19.1 Å². The van der Waals surface area contributed by atoms with E-state index in [1.165, 1.54) is 0 Å². The zero-order valence-electron chi connectivity index (χ0n) is 15.9. The number of hydrogen-bond acceptors (Lipinski definition) is 5. The molecule has 0 aromatic rings. The van der Waals surface area contributed by atoms with Crippen LogP contribution in [-0.4, -0.2) is 68.5 Å². The summed E-state index contributed by atoms with van der Waals surface area (Å²) in [5.41, 5.74) is 0. The number of rotatable bonds is 13. The molecule has 2 fully saturated rings.